The van der Waals surface area contributed by atoms with Crippen molar-refractivity contribution in [3.8, 4) is 6.07 Å². The third kappa shape index (κ3) is 1.53. The second kappa shape index (κ2) is 3.67. The van der Waals surface area contributed by atoms with Crippen molar-refractivity contribution in [2.45, 2.75) is 19.8 Å². The summed E-state index contributed by atoms with van der Waals surface area (Å²) in [5.74, 6) is 0.256. The summed E-state index contributed by atoms with van der Waals surface area (Å²) in [5.41, 5.74) is 2.28. The van der Waals surface area contributed by atoms with Crippen LogP contribution in [0, 0.1) is 11.3 Å². The summed E-state index contributed by atoms with van der Waals surface area (Å²) < 4.78 is 2.69. The number of hydrogen-bond donors (Lipinski definition) is 0. The van der Waals surface area contributed by atoms with E-state index < -0.39 is 0 Å². The van der Waals surface area contributed by atoms with Gasteiger partial charge in [-0.1, -0.05) is 19.9 Å². The molecule has 0 amide bonds. The molecule has 0 unspecified atom stereocenters. The number of hydrogen-bond acceptors (Lipinski definition) is 2. The molecule has 0 atom stereocenters. The van der Waals surface area contributed by atoms with Gasteiger partial charge in [0.05, 0.1) is 10.3 Å². The highest BCUT2D eigenvalue weighted by Crippen LogP contribution is 2.23. The Morgan fingerprint density at radius 1 is 1.47 bits per heavy atom. The van der Waals surface area contributed by atoms with Gasteiger partial charge in [0.25, 0.3) is 0 Å². The molecule has 0 saturated heterocycles. The molecule has 0 radical (unpaired) electrons. The summed E-state index contributed by atoms with van der Waals surface area (Å²) in [6.07, 6.45) is 0. The second-order valence-corrected chi connectivity index (χ2v) is 4.47. The lowest BCUT2D eigenvalue weighted by Crippen LogP contribution is -1.94. The highest BCUT2D eigenvalue weighted by atomic mass is 79.9. The van der Waals surface area contributed by atoms with Crippen LogP contribution in [0.15, 0.2) is 22.8 Å². The first kappa shape index (κ1) is 10.2. The number of nitrogens with zero attached hydrogens (tertiary/aromatic N) is 3. The van der Waals surface area contributed by atoms with Crippen molar-refractivity contribution < 1.29 is 0 Å². The van der Waals surface area contributed by atoms with Crippen molar-refractivity contribution in [2.75, 3.05) is 0 Å². The lowest BCUT2D eigenvalue weighted by atomic mass is 10.1. The summed E-state index contributed by atoms with van der Waals surface area (Å²) >= 11 is 3.42. The van der Waals surface area contributed by atoms with Gasteiger partial charge in [-0.2, -0.15) is 5.26 Å². The number of nitriles is 1. The highest BCUT2D eigenvalue weighted by molar-refractivity contribution is 9.10. The van der Waals surface area contributed by atoms with Crippen LogP contribution in [0.1, 0.15) is 31.2 Å². The standard InChI is InChI=1S/C11H10BrN3/c1-7(2)11-8(6-13)15-9(12)4-3-5-10(15)14-11/h3-5,7H,1-2H3. The quantitative estimate of drug-likeness (QED) is 0.742. The Morgan fingerprint density at radius 2 is 2.20 bits per heavy atom. The zero-order valence-electron chi connectivity index (χ0n) is 8.53. The van der Waals surface area contributed by atoms with Crippen LogP contribution < -0.4 is 0 Å². The molecule has 0 fully saturated rings. The molecule has 0 spiro atoms. The Balaban J connectivity index is 2.88. The molecule has 0 aromatic carbocycles. The summed E-state index contributed by atoms with van der Waals surface area (Å²) in [6, 6.07) is 7.93. The summed E-state index contributed by atoms with van der Waals surface area (Å²) in [5, 5.41) is 9.15. The molecule has 0 aliphatic heterocycles. The summed E-state index contributed by atoms with van der Waals surface area (Å²) in [4.78, 5) is 4.45. The van der Waals surface area contributed by atoms with Crippen LogP contribution in [0.4, 0.5) is 0 Å². The average molecular weight is 264 g/mol. The molecule has 0 bridgehead atoms. The van der Waals surface area contributed by atoms with Crippen molar-refractivity contribution in [1.29, 1.82) is 5.26 Å². The van der Waals surface area contributed by atoms with E-state index in [1.807, 2.05) is 36.4 Å². The Bertz CT molecular complexity index is 549. The van der Waals surface area contributed by atoms with Crippen LogP contribution in [-0.4, -0.2) is 9.38 Å². The Hall–Kier alpha value is -1.34. The van der Waals surface area contributed by atoms with E-state index in [0.717, 1.165) is 15.9 Å². The number of imidazole rings is 1. The maximum absolute atomic E-state index is 9.15. The van der Waals surface area contributed by atoms with Crippen LogP contribution in [0.2, 0.25) is 0 Å². The molecule has 2 rings (SSSR count). The molecule has 0 N–H and O–H groups in total. The molecule has 2 aromatic rings. The number of aromatic nitrogens is 2. The van der Waals surface area contributed by atoms with Gasteiger partial charge in [-0.15, -0.1) is 0 Å². The molecule has 2 aromatic heterocycles. The minimum absolute atomic E-state index is 0.256. The monoisotopic (exact) mass is 263 g/mol. The Morgan fingerprint density at radius 3 is 2.80 bits per heavy atom. The SMILES string of the molecule is CC(C)c1nc2cccc(Br)n2c1C#N. The van der Waals surface area contributed by atoms with E-state index in [1.54, 1.807) is 0 Å². The molecule has 76 valence electrons. The van der Waals surface area contributed by atoms with E-state index in [2.05, 4.69) is 27.0 Å². The van der Waals surface area contributed by atoms with Crippen molar-refractivity contribution in [3.63, 3.8) is 0 Å². The predicted molar refractivity (Wildman–Crippen MR) is 61.7 cm³/mol. The Kier molecular flexibility index (Phi) is 2.49. The van der Waals surface area contributed by atoms with E-state index in [0.29, 0.717) is 5.69 Å². The number of rotatable bonds is 1. The number of fused-ring (bicyclic) bond motifs is 1. The van der Waals surface area contributed by atoms with E-state index in [-0.39, 0.29) is 5.92 Å². The van der Waals surface area contributed by atoms with Gasteiger partial charge in [-0.25, -0.2) is 4.98 Å². The van der Waals surface area contributed by atoms with Gasteiger partial charge in [0.1, 0.15) is 17.4 Å². The first-order valence-corrected chi connectivity index (χ1v) is 5.51. The lowest BCUT2D eigenvalue weighted by Gasteiger charge is -2.00. The topological polar surface area (TPSA) is 41.1 Å². The maximum Gasteiger partial charge on any atom is 0.148 e. The van der Waals surface area contributed by atoms with Gasteiger partial charge < -0.3 is 0 Å². The van der Waals surface area contributed by atoms with Crippen LogP contribution in [0.3, 0.4) is 0 Å². The first-order chi connectivity index (χ1) is 7.15. The van der Waals surface area contributed by atoms with Gasteiger partial charge in [0, 0.05) is 0 Å². The fourth-order valence-corrected chi connectivity index (χ4v) is 2.09. The fourth-order valence-electron chi connectivity index (χ4n) is 1.58. The van der Waals surface area contributed by atoms with Crippen LogP contribution in [0.5, 0.6) is 0 Å². The average Bonchev–Trinajstić information content (AvgIpc) is 2.57. The smallest absolute Gasteiger partial charge is 0.148 e. The van der Waals surface area contributed by atoms with Gasteiger partial charge in [-0.05, 0) is 34.0 Å². The third-order valence-corrected chi connectivity index (χ3v) is 2.89. The molecule has 2 heterocycles. The summed E-state index contributed by atoms with van der Waals surface area (Å²) in [6.45, 7) is 4.08. The highest BCUT2D eigenvalue weighted by Gasteiger charge is 2.15. The molecule has 0 aliphatic rings. The zero-order valence-corrected chi connectivity index (χ0v) is 10.1. The van der Waals surface area contributed by atoms with E-state index in [9.17, 15) is 0 Å². The first-order valence-electron chi connectivity index (χ1n) is 4.72. The van der Waals surface area contributed by atoms with Crippen molar-refractivity contribution in [3.05, 3.63) is 34.2 Å². The van der Waals surface area contributed by atoms with E-state index >= 15 is 0 Å². The van der Waals surface area contributed by atoms with Crippen molar-refractivity contribution >= 4 is 21.6 Å². The minimum atomic E-state index is 0.256. The summed E-state index contributed by atoms with van der Waals surface area (Å²) in [7, 11) is 0. The zero-order chi connectivity index (χ0) is 11.0. The van der Waals surface area contributed by atoms with Gasteiger partial charge in [0.2, 0.25) is 0 Å². The van der Waals surface area contributed by atoms with Gasteiger partial charge in [0.15, 0.2) is 0 Å². The van der Waals surface area contributed by atoms with Crippen molar-refractivity contribution in [1.82, 2.24) is 9.38 Å². The minimum Gasteiger partial charge on any atom is -0.278 e. The van der Waals surface area contributed by atoms with Crippen LogP contribution >= 0.6 is 15.9 Å². The molecule has 3 nitrogen and oxygen atoms in total. The predicted octanol–water partition coefficient (Wildman–Crippen LogP) is 3.09. The van der Waals surface area contributed by atoms with E-state index in [1.165, 1.54) is 0 Å². The molecule has 0 saturated carbocycles. The number of pyridine rings is 1. The van der Waals surface area contributed by atoms with Gasteiger partial charge in [-0.3, -0.25) is 4.40 Å². The molecule has 4 heteroatoms. The fraction of sp³-hybridized carbons (Fsp3) is 0.273. The molecule has 0 aliphatic carbocycles. The largest absolute Gasteiger partial charge is 0.278 e. The lowest BCUT2D eigenvalue weighted by molar-refractivity contribution is 0.828. The third-order valence-electron chi connectivity index (χ3n) is 2.28. The maximum atomic E-state index is 9.15. The van der Waals surface area contributed by atoms with Crippen LogP contribution in [0.25, 0.3) is 5.65 Å². The Labute approximate surface area is 96.5 Å². The van der Waals surface area contributed by atoms with E-state index in [4.69, 9.17) is 5.26 Å². The molecular weight excluding hydrogens is 254 g/mol. The van der Waals surface area contributed by atoms with Crippen molar-refractivity contribution in [2.24, 2.45) is 0 Å². The second-order valence-electron chi connectivity index (χ2n) is 3.65. The molecular formula is C11H10BrN3. The van der Waals surface area contributed by atoms with Crippen LogP contribution in [-0.2, 0) is 0 Å². The normalized spacial score (nSPS) is 10.9. The number of halogens is 1. The van der Waals surface area contributed by atoms with Gasteiger partial charge >= 0.3 is 0 Å². The molecule has 15 heavy (non-hydrogen) atoms.